The molecule has 0 aliphatic heterocycles. The van der Waals surface area contributed by atoms with Gasteiger partial charge in [0.25, 0.3) is 0 Å². The topological polar surface area (TPSA) is 0 Å². The highest BCUT2D eigenvalue weighted by Crippen LogP contribution is 2.55. The van der Waals surface area contributed by atoms with E-state index in [-0.39, 0.29) is 0 Å². The molecular weight excluding hydrogens is 391 g/mol. The third-order valence-electron chi connectivity index (χ3n) is 5.80. The van der Waals surface area contributed by atoms with E-state index in [0.717, 1.165) is 19.0 Å². The smallest absolute Gasteiger partial charge is 0.0882 e. The molecule has 0 aliphatic rings. The highest BCUT2D eigenvalue weighted by Gasteiger charge is 2.44. The van der Waals surface area contributed by atoms with Crippen molar-refractivity contribution >= 4 is 23.2 Å². The van der Waals surface area contributed by atoms with Gasteiger partial charge >= 0.3 is 0 Å². The van der Waals surface area contributed by atoms with E-state index in [1.165, 1.54) is 41.6 Å². The van der Waals surface area contributed by atoms with Crippen molar-refractivity contribution in [2.45, 2.75) is 45.4 Å². The number of hydrogen-bond acceptors (Lipinski definition) is 0. The van der Waals surface area contributed by atoms with E-state index in [2.05, 4.69) is 122 Å². The van der Waals surface area contributed by atoms with Gasteiger partial charge < -0.3 is 0 Å². The normalized spacial score (nSPS) is 12.0. The molecule has 0 unspecified atom stereocenters. The monoisotopic (exact) mass is 427 g/mol. The van der Waals surface area contributed by atoms with Crippen LogP contribution in [-0.4, -0.2) is 6.16 Å². The fourth-order valence-electron chi connectivity index (χ4n) is 4.17. The Morgan fingerprint density at radius 1 is 0.548 bits per heavy atom. The molecular formula is C30H36P+. The highest BCUT2D eigenvalue weighted by molar-refractivity contribution is 7.95. The molecule has 3 aromatic rings. The third-order valence-corrected chi connectivity index (χ3v) is 10.3. The summed E-state index contributed by atoms with van der Waals surface area (Å²) in [6.45, 7) is 2.26. The van der Waals surface area contributed by atoms with Gasteiger partial charge in [-0.2, -0.15) is 0 Å². The Balaban J connectivity index is 1.81. The fraction of sp³-hybridized carbons (Fsp3) is 0.267. The van der Waals surface area contributed by atoms with Crippen molar-refractivity contribution in [3.8, 4) is 0 Å². The zero-order valence-electron chi connectivity index (χ0n) is 18.9. The van der Waals surface area contributed by atoms with E-state index in [4.69, 9.17) is 0 Å². The molecule has 0 aliphatic carbocycles. The van der Waals surface area contributed by atoms with E-state index in [0.29, 0.717) is 0 Å². The van der Waals surface area contributed by atoms with Crippen LogP contribution in [0.3, 0.4) is 0 Å². The lowest BCUT2D eigenvalue weighted by Gasteiger charge is -2.27. The van der Waals surface area contributed by atoms with E-state index in [9.17, 15) is 0 Å². The maximum atomic E-state index is 2.39. The number of benzene rings is 3. The molecule has 1 heteroatoms. The molecule has 3 aromatic carbocycles. The molecule has 0 aromatic heterocycles. The summed E-state index contributed by atoms with van der Waals surface area (Å²) < 4.78 is 0. The van der Waals surface area contributed by atoms with Crippen LogP contribution in [0.4, 0.5) is 0 Å². The van der Waals surface area contributed by atoms with Gasteiger partial charge in [-0.25, -0.2) is 0 Å². The first-order chi connectivity index (χ1) is 15.4. The minimum atomic E-state index is -1.70. The van der Waals surface area contributed by atoms with Gasteiger partial charge in [-0.15, -0.1) is 0 Å². The summed E-state index contributed by atoms with van der Waals surface area (Å²) in [6.07, 6.45) is 17.8. The molecule has 160 valence electrons. The summed E-state index contributed by atoms with van der Waals surface area (Å²) >= 11 is 0. The van der Waals surface area contributed by atoms with E-state index in [1.807, 2.05) is 0 Å². The first kappa shape index (κ1) is 23.2. The van der Waals surface area contributed by atoms with Gasteiger partial charge in [-0.1, -0.05) is 98.7 Å². The SMILES string of the molecule is CCCCCC=CCC=CCC[P+](c1ccccc1)(c1ccccc1)c1ccccc1. The van der Waals surface area contributed by atoms with Crippen LogP contribution in [0, 0.1) is 0 Å². The summed E-state index contributed by atoms with van der Waals surface area (Å²) in [5, 5.41) is 4.41. The zero-order valence-corrected chi connectivity index (χ0v) is 19.8. The van der Waals surface area contributed by atoms with Crippen molar-refractivity contribution in [3.63, 3.8) is 0 Å². The van der Waals surface area contributed by atoms with Gasteiger partial charge in [0.2, 0.25) is 0 Å². The van der Waals surface area contributed by atoms with Gasteiger partial charge in [-0.3, -0.25) is 0 Å². The Morgan fingerprint density at radius 2 is 1.00 bits per heavy atom. The standard InChI is InChI=1S/C30H36P/c1-2-3-4-5-6-7-8-9-10-20-27-31(28-21-14-11-15-22-28,29-23-16-12-17-24-29)30-25-18-13-19-26-30/h6-7,9-19,21-26H,2-5,8,20,27H2,1H3/q+1. The first-order valence-electron chi connectivity index (χ1n) is 11.7. The van der Waals surface area contributed by atoms with Crippen molar-refractivity contribution in [2.75, 3.05) is 6.16 Å². The van der Waals surface area contributed by atoms with Crippen LogP contribution in [0.1, 0.15) is 45.4 Å². The first-order valence-corrected chi connectivity index (χ1v) is 13.7. The summed E-state index contributed by atoms with van der Waals surface area (Å²) in [5.74, 6) is 0. The fourth-order valence-corrected chi connectivity index (χ4v) is 8.42. The van der Waals surface area contributed by atoms with Crippen molar-refractivity contribution in [1.29, 1.82) is 0 Å². The minimum Gasteiger partial charge on any atom is -0.0882 e. The maximum absolute atomic E-state index is 2.39. The lowest BCUT2D eigenvalue weighted by Crippen LogP contribution is -2.33. The minimum absolute atomic E-state index is 1.04. The lowest BCUT2D eigenvalue weighted by molar-refractivity contribution is 0.728. The van der Waals surface area contributed by atoms with Gasteiger partial charge in [0.15, 0.2) is 0 Å². The second-order valence-corrected chi connectivity index (χ2v) is 11.6. The highest BCUT2D eigenvalue weighted by atomic mass is 31.2. The molecule has 0 bridgehead atoms. The van der Waals surface area contributed by atoms with Crippen molar-refractivity contribution in [2.24, 2.45) is 0 Å². The summed E-state index contributed by atoms with van der Waals surface area (Å²) in [7, 11) is -1.70. The van der Waals surface area contributed by atoms with Gasteiger partial charge in [0, 0.05) is 6.42 Å². The van der Waals surface area contributed by atoms with Gasteiger partial charge in [-0.05, 0) is 55.7 Å². The second kappa shape index (κ2) is 13.1. The predicted molar refractivity (Wildman–Crippen MR) is 142 cm³/mol. The largest absolute Gasteiger partial charge is 0.112 e. The number of unbranched alkanes of at least 4 members (excludes halogenated alkanes) is 3. The zero-order chi connectivity index (χ0) is 21.6. The van der Waals surface area contributed by atoms with Crippen molar-refractivity contribution in [3.05, 3.63) is 115 Å². The van der Waals surface area contributed by atoms with Crippen LogP contribution >= 0.6 is 7.26 Å². The van der Waals surface area contributed by atoms with Crippen LogP contribution in [0.2, 0.25) is 0 Å². The van der Waals surface area contributed by atoms with Crippen molar-refractivity contribution in [1.82, 2.24) is 0 Å². The molecule has 0 amide bonds. The molecule has 0 heterocycles. The van der Waals surface area contributed by atoms with Crippen LogP contribution in [-0.2, 0) is 0 Å². The summed E-state index contributed by atoms with van der Waals surface area (Å²) in [6, 6.07) is 33.5. The lowest BCUT2D eigenvalue weighted by atomic mass is 10.2. The Kier molecular flexibility index (Phi) is 9.81. The maximum Gasteiger partial charge on any atom is 0.112 e. The molecule has 0 radical (unpaired) electrons. The van der Waals surface area contributed by atoms with Crippen LogP contribution in [0.15, 0.2) is 115 Å². The van der Waals surface area contributed by atoms with Gasteiger partial charge in [0.05, 0.1) is 6.16 Å². The molecule has 0 spiro atoms. The Hall–Kier alpha value is -2.43. The number of hydrogen-bond donors (Lipinski definition) is 0. The molecule has 0 atom stereocenters. The number of rotatable bonds is 12. The Labute approximate surface area is 190 Å². The van der Waals surface area contributed by atoms with Crippen LogP contribution in [0.25, 0.3) is 0 Å². The Morgan fingerprint density at radius 3 is 1.45 bits per heavy atom. The van der Waals surface area contributed by atoms with E-state index < -0.39 is 7.26 Å². The molecule has 0 saturated carbocycles. The van der Waals surface area contributed by atoms with E-state index >= 15 is 0 Å². The second-order valence-electron chi connectivity index (χ2n) is 8.00. The predicted octanol–water partition coefficient (Wildman–Crippen LogP) is 7.45. The average molecular weight is 428 g/mol. The molecule has 0 N–H and O–H groups in total. The van der Waals surface area contributed by atoms with Gasteiger partial charge in [0.1, 0.15) is 23.2 Å². The van der Waals surface area contributed by atoms with Crippen molar-refractivity contribution < 1.29 is 0 Å². The Bertz CT molecular complexity index is 814. The van der Waals surface area contributed by atoms with Crippen LogP contribution < -0.4 is 15.9 Å². The third kappa shape index (κ3) is 6.52. The average Bonchev–Trinajstić information content (AvgIpc) is 2.84. The number of allylic oxidation sites excluding steroid dienone is 4. The van der Waals surface area contributed by atoms with E-state index in [1.54, 1.807) is 0 Å². The molecule has 0 nitrogen and oxygen atoms in total. The molecule has 0 saturated heterocycles. The molecule has 3 rings (SSSR count). The van der Waals surface area contributed by atoms with Crippen LogP contribution in [0.5, 0.6) is 0 Å². The quantitative estimate of drug-likeness (QED) is 0.160. The summed E-state index contributed by atoms with van der Waals surface area (Å²) in [5.41, 5.74) is 0. The molecule has 31 heavy (non-hydrogen) atoms. The summed E-state index contributed by atoms with van der Waals surface area (Å²) in [4.78, 5) is 0. The molecule has 0 fully saturated rings.